The summed E-state index contributed by atoms with van der Waals surface area (Å²) in [6.45, 7) is 4.67. The molecule has 2 aromatic rings. The molecule has 1 aromatic carbocycles. The molecule has 0 bridgehead atoms. The van der Waals surface area contributed by atoms with E-state index in [0.717, 1.165) is 23.4 Å². The Morgan fingerprint density at radius 3 is 2.77 bits per heavy atom. The number of carbonyl (C=O) groups is 1. The van der Waals surface area contributed by atoms with Gasteiger partial charge in [0.05, 0.1) is 5.69 Å². The zero-order valence-corrected chi connectivity index (χ0v) is 13.6. The summed E-state index contributed by atoms with van der Waals surface area (Å²) in [5, 5.41) is 6.78. The predicted octanol–water partition coefficient (Wildman–Crippen LogP) is 2.87. The zero-order chi connectivity index (χ0) is 16.1. The van der Waals surface area contributed by atoms with Crippen molar-refractivity contribution in [3.05, 3.63) is 47.3 Å². The molecule has 0 fully saturated rings. The first kappa shape index (κ1) is 16.1. The summed E-state index contributed by atoms with van der Waals surface area (Å²) in [5.74, 6) is 0.506. The first-order valence-corrected chi connectivity index (χ1v) is 7.45. The highest BCUT2D eigenvalue weighted by atomic mass is 16.5. The van der Waals surface area contributed by atoms with Crippen molar-refractivity contribution in [1.29, 1.82) is 0 Å². The Bertz CT molecular complexity index is 632. The van der Waals surface area contributed by atoms with E-state index in [9.17, 15) is 4.79 Å². The monoisotopic (exact) mass is 301 g/mol. The maximum atomic E-state index is 12.1. The molecule has 118 valence electrons. The average molecular weight is 301 g/mol. The fourth-order valence-corrected chi connectivity index (χ4v) is 2.15. The van der Waals surface area contributed by atoms with E-state index in [1.165, 1.54) is 0 Å². The van der Waals surface area contributed by atoms with Gasteiger partial charge in [0.1, 0.15) is 0 Å². The number of aromatic nitrogens is 1. The standard InChI is InChI=1S/C17H23N3O2/c1-12(2)8-14-10-16(22-19-14)17(21)18-11-13-6-5-7-15(9-13)20(3)4/h5-7,9-10,12H,8,11H2,1-4H3,(H,18,21). The molecule has 0 saturated heterocycles. The molecule has 5 heteroatoms. The first-order chi connectivity index (χ1) is 10.5. The molecule has 0 unspecified atom stereocenters. The van der Waals surface area contributed by atoms with E-state index in [1.807, 2.05) is 43.3 Å². The van der Waals surface area contributed by atoms with E-state index >= 15 is 0 Å². The summed E-state index contributed by atoms with van der Waals surface area (Å²) in [5.41, 5.74) is 2.96. The lowest BCUT2D eigenvalue weighted by Crippen LogP contribution is -2.22. The molecule has 1 heterocycles. The Kier molecular flexibility index (Phi) is 5.20. The molecule has 1 N–H and O–H groups in total. The van der Waals surface area contributed by atoms with Crippen molar-refractivity contribution in [2.45, 2.75) is 26.8 Å². The van der Waals surface area contributed by atoms with Gasteiger partial charge in [-0.3, -0.25) is 4.79 Å². The van der Waals surface area contributed by atoms with Gasteiger partial charge in [-0.15, -0.1) is 0 Å². The van der Waals surface area contributed by atoms with Crippen LogP contribution in [0.4, 0.5) is 5.69 Å². The second-order valence-electron chi connectivity index (χ2n) is 6.03. The van der Waals surface area contributed by atoms with Crippen LogP contribution in [0, 0.1) is 5.92 Å². The van der Waals surface area contributed by atoms with Crippen LogP contribution in [0.5, 0.6) is 0 Å². The molecule has 1 amide bonds. The molecule has 22 heavy (non-hydrogen) atoms. The van der Waals surface area contributed by atoms with Gasteiger partial charge in [-0.2, -0.15) is 0 Å². The van der Waals surface area contributed by atoms with E-state index in [4.69, 9.17) is 4.52 Å². The fourth-order valence-electron chi connectivity index (χ4n) is 2.15. The Morgan fingerprint density at radius 1 is 1.32 bits per heavy atom. The maximum Gasteiger partial charge on any atom is 0.290 e. The van der Waals surface area contributed by atoms with Gasteiger partial charge in [-0.1, -0.05) is 31.1 Å². The molecule has 0 atom stereocenters. The molecule has 5 nitrogen and oxygen atoms in total. The first-order valence-electron chi connectivity index (χ1n) is 7.45. The Labute approximate surface area is 131 Å². The Hall–Kier alpha value is -2.30. The van der Waals surface area contributed by atoms with Gasteiger partial charge in [0.2, 0.25) is 5.76 Å². The molecule has 0 aliphatic rings. The smallest absolute Gasteiger partial charge is 0.290 e. The predicted molar refractivity (Wildman–Crippen MR) is 87.0 cm³/mol. The van der Waals surface area contributed by atoms with E-state index in [1.54, 1.807) is 6.07 Å². The van der Waals surface area contributed by atoms with Gasteiger partial charge in [-0.05, 0) is 30.0 Å². The van der Waals surface area contributed by atoms with Crippen molar-refractivity contribution in [1.82, 2.24) is 10.5 Å². The maximum absolute atomic E-state index is 12.1. The summed E-state index contributed by atoms with van der Waals surface area (Å²) in [6, 6.07) is 9.75. The normalized spacial score (nSPS) is 10.8. The lowest BCUT2D eigenvalue weighted by Gasteiger charge is -2.13. The third-order valence-electron chi connectivity index (χ3n) is 3.28. The minimum Gasteiger partial charge on any atom is -0.378 e. The number of hydrogen-bond donors (Lipinski definition) is 1. The van der Waals surface area contributed by atoms with Crippen molar-refractivity contribution >= 4 is 11.6 Å². The Morgan fingerprint density at radius 2 is 2.09 bits per heavy atom. The van der Waals surface area contributed by atoms with Crippen molar-refractivity contribution < 1.29 is 9.32 Å². The van der Waals surface area contributed by atoms with Crippen LogP contribution in [-0.4, -0.2) is 25.2 Å². The number of rotatable bonds is 6. The summed E-state index contributed by atoms with van der Waals surface area (Å²) in [6.07, 6.45) is 0.807. The van der Waals surface area contributed by atoms with Crippen LogP contribution in [0.3, 0.4) is 0 Å². The van der Waals surface area contributed by atoms with E-state index < -0.39 is 0 Å². The second-order valence-corrected chi connectivity index (χ2v) is 6.03. The van der Waals surface area contributed by atoms with Gasteiger partial charge < -0.3 is 14.7 Å². The molecule has 1 aromatic heterocycles. The molecule has 0 radical (unpaired) electrons. The highest BCUT2D eigenvalue weighted by Gasteiger charge is 2.13. The third-order valence-corrected chi connectivity index (χ3v) is 3.28. The van der Waals surface area contributed by atoms with Crippen LogP contribution in [0.25, 0.3) is 0 Å². The van der Waals surface area contributed by atoms with Gasteiger partial charge in [0.15, 0.2) is 0 Å². The van der Waals surface area contributed by atoms with Crippen LogP contribution in [0.1, 0.15) is 35.7 Å². The minimum absolute atomic E-state index is 0.238. The summed E-state index contributed by atoms with van der Waals surface area (Å²) in [4.78, 5) is 14.1. The third kappa shape index (κ3) is 4.35. The van der Waals surface area contributed by atoms with Crippen LogP contribution in [0.2, 0.25) is 0 Å². The topological polar surface area (TPSA) is 58.4 Å². The number of benzene rings is 1. The number of nitrogens with zero attached hydrogens (tertiary/aromatic N) is 2. The van der Waals surface area contributed by atoms with Gasteiger partial charge >= 0.3 is 0 Å². The highest BCUT2D eigenvalue weighted by Crippen LogP contribution is 2.14. The van der Waals surface area contributed by atoms with Crippen molar-refractivity contribution in [3.8, 4) is 0 Å². The second kappa shape index (κ2) is 7.11. The zero-order valence-electron chi connectivity index (χ0n) is 13.6. The number of carbonyl (C=O) groups excluding carboxylic acids is 1. The molecule has 0 aliphatic heterocycles. The van der Waals surface area contributed by atoms with Gasteiger partial charge in [0, 0.05) is 32.4 Å². The average Bonchev–Trinajstić information content (AvgIpc) is 2.92. The molecule has 0 aliphatic carbocycles. The molecular weight excluding hydrogens is 278 g/mol. The lowest BCUT2D eigenvalue weighted by molar-refractivity contribution is 0.0914. The Balaban J connectivity index is 1.95. The van der Waals surface area contributed by atoms with Crippen molar-refractivity contribution in [3.63, 3.8) is 0 Å². The molecule has 0 saturated carbocycles. The van der Waals surface area contributed by atoms with Crippen LogP contribution in [-0.2, 0) is 13.0 Å². The quantitative estimate of drug-likeness (QED) is 0.891. The van der Waals surface area contributed by atoms with E-state index in [2.05, 4.69) is 24.3 Å². The van der Waals surface area contributed by atoms with Crippen LogP contribution in [0.15, 0.2) is 34.9 Å². The van der Waals surface area contributed by atoms with E-state index in [-0.39, 0.29) is 11.7 Å². The molecule has 0 spiro atoms. The van der Waals surface area contributed by atoms with Crippen molar-refractivity contribution in [2.24, 2.45) is 5.92 Å². The molecular formula is C17H23N3O2. The van der Waals surface area contributed by atoms with Gasteiger partial charge in [0.25, 0.3) is 5.91 Å². The highest BCUT2D eigenvalue weighted by molar-refractivity contribution is 5.91. The number of anilines is 1. The van der Waals surface area contributed by atoms with Crippen LogP contribution < -0.4 is 10.2 Å². The van der Waals surface area contributed by atoms with E-state index in [0.29, 0.717) is 12.5 Å². The fraction of sp³-hybridized carbons (Fsp3) is 0.412. The van der Waals surface area contributed by atoms with Crippen LogP contribution >= 0.6 is 0 Å². The number of hydrogen-bond acceptors (Lipinski definition) is 4. The van der Waals surface area contributed by atoms with Gasteiger partial charge in [-0.25, -0.2) is 0 Å². The largest absolute Gasteiger partial charge is 0.378 e. The minimum atomic E-state index is -0.238. The molecule has 2 rings (SSSR count). The number of amides is 1. The lowest BCUT2D eigenvalue weighted by atomic mass is 10.1. The number of nitrogens with one attached hydrogen (secondary N) is 1. The summed E-state index contributed by atoms with van der Waals surface area (Å²) >= 11 is 0. The summed E-state index contributed by atoms with van der Waals surface area (Å²) in [7, 11) is 3.98. The summed E-state index contributed by atoms with van der Waals surface area (Å²) < 4.78 is 5.11. The SMILES string of the molecule is CC(C)Cc1cc(C(=O)NCc2cccc(N(C)C)c2)on1. The van der Waals surface area contributed by atoms with Crippen molar-refractivity contribution in [2.75, 3.05) is 19.0 Å².